The second-order valence-corrected chi connectivity index (χ2v) is 7.59. The average Bonchev–Trinajstić information content (AvgIpc) is 2.71. The highest BCUT2D eigenvalue weighted by Gasteiger charge is 2.11. The van der Waals surface area contributed by atoms with Crippen molar-refractivity contribution in [3.05, 3.63) is 50.6 Å². The number of nitrogens with one attached hydrogen (secondary N) is 2. The number of benzene rings is 2. The minimum Gasteiger partial charge on any atom is -0.490 e. The fourth-order valence-electron chi connectivity index (χ4n) is 2.45. The Bertz CT molecular complexity index is 921. The number of carbonyl (C=O) groups is 2. The van der Waals surface area contributed by atoms with Crippen LogP contribution in [0.25, 0.3) is 0 Å². The summed E-state index contributed by atoms with van der Waals surface area (Å²) in [6.45, 7) is 4.84. The Balaban J connectivity index is 1.88. The Morgan fingerprint density at radius 1 is 1.10 bits per heavy atom. The van der Waals surface area contributed by atoms with Crippen LogP contribution in [0.3, 0.4) is 0 Å². The van der Waals surface area contributed by atoms with Crippen molar-refractivity contribution in [1.82, 2.24) is 5.43 Å². The molecule has 0 saturated carbocycles. The van der Waals surface area contributed by atoms with E-state index >= 15 is 0 Å². The molecular weight excluding hydrogens is 521 g/mol. The summed E-state index contributed by atoms with van der Waals surface area (Å²) < 4.78 is 12.1. The van der Waals surface area contributed by atoms with E-state index in [4.69, 9.17) is 21.1 Å². The highest BCUT2D eigenvalue weighted by Crippen LogP contribution is 2.33. The van der Waals surface area contributed by atoms with Crippen molar-refractivity contribution in [2.24, 2.45) is 5.10 Å². The minimum absolute atomic E-state index is 0.00136. The zero-order valence-corrected chi connectivity index (χ0v) is 19.6. The van der Waals surface area contributed by atoms with E-state index in [0.717, 1.165) is 9.13 Å². The van der Waals surface area contributed by atoms with Gasteiger partial charge in [-0.3, -0.25) is 9.59 Å². The van der Waals surface area contributed by atoms with E-state index in [1.54, 1.807) is 30.3 Å². The van der Waals surface area contributed by atoms with Gasteiger partial charge in [0, 0.05) is 12.8 Å². The monoisotopic (exact) mass is 543 g/mol. The van der Waals surface area contributed by atoms with E-state index in [-0.39, 0.29) is 24.7 Å². The molecule has 0 saturated heterocycles. The van der Waals surface area contributed by atoms with Crippen LogP contribution >= 0.6 is 34.2 Å². The molecule has 0 aliphatic carbocycles. The Kier molecular flexibility index (Phi) is 9.88. The third-order valence-electron chi connectivity index (χ3n) is 3.75. The van der Waals surface area contributed by atoms with Gasteiger partial charge in [0.25, 0.3) is 0 Å². The van der Waals surface area contributed by atoms with Gasteiger partial charge in [0.15, 0.2) is 11.5 Å². The second-order valence-electron chi connectivity index (χ2n) is 6.02. The minimum atomic E-state index is -0.369. The largest absolute Gasteiger partial charge is 0.490 e. The van der Waals surface area contributed by atoms with E-state index in [1.807, 2.05) is 19.9 Å². The van der Waals surface area contributed by atoms with E-state index in [9.17, 15) is 9.59 Å². The fraction of sp³-hybridized carbons (Fsp3) is 0.286. The molecule has 2 aromatic carbocycles. The number of hydrogen-bond donors (Lipinski definition) is 2. The van der Waals surface area contributed by atoms with Crippen LogP contribution in [-0.4, -0.2) is 31.2 Å². The van der Waals surface area contributed by atoms with Crippen LogP contribution in [0.4, 0.5) is 5.69 Å². The number of nitrogens with zero attached hydrogens (tertiary/aromatic N) is 1. The Morgan fingerprint density at radius 3 is 2.50 bits per heavy atom. The van der Waals surface area contributed by atoms with Crippen LogP contribution in [0.15, 0.2) is 41.5 Å². The predicted octanol–water partition coefficient (Wildman–Crippen LogP) is 4.61. The average molecular weight is 544 g/mol. The van der Waals surface area contributed by atoms with Crippen molar-refractivity contribution in [3.63, 3.8) is 0 Å². The molecule has 2 rings (SSSR count). The van der Waals surface area contributed by atoms with Crippen LogP contribution < -0.4 is 20.2 Å². The van der Waals surface area contributed by atoms with E-state index in [1.165, 1.54) is 6.21 Å². The van der Waals surface area contributed by atoms with Gasteiger partial charge in [-0.2, -0.15) is 5.10 Å². The lowest BCUT2D eigenvalue weighted by Gasteiger charge is -2.13. The van der Waals surface area contributed by atoms with Crippen molar-refractivity contribution in [1.29, 1.82) is 0 Å². The number of hydrogen-bond acceptors (Lipinski definition) is 5. The fourth-order valence-corrected chi connectivity index (χ4v) is 3.41. The maximum Gasteiger partial charge on any atom is 0.240 e. The van der Waals surface area contributed by atoms with Crippen LogP contribution in [0.5, 0.6) is 11.5 Å². The molecule has 0 fully saturated rings. The van der Waals surface area contributed by atoms with Gasteiger partial charge in [0.1, 0.15) is 0 Å². The zero-order valence-electron chi connectivity index (χ0n) is 16.7. The Hall–Kier alpha value is -2.33. The van der Waals surface area contributed by atoms with Gasteiger partial charge in [-0.25, -0.2) is 5.43 Å². The number of ether oxygens (including phenoxy) is 2. The van der Waals surface area contributed by atoms with Crippen molar-refractivity contribution in [2.75, 3.05) is 18.5 Å². The van der Waals surface area contributed by atoms with Crippen molar-refractivity contribution >= 4 is 57.9 Å². The summed E-state index contributed by atoms with van der Waals surface area (Å²) in [6, 6.07) is 10.6. The van der Waals surface area contributed by atoms with Crippen LogP contribution in [-0.2, 0) is 9.59 Å². The van der Waals surface area contributed by atoms with Crippen molar-refractivity contribution in [3.8, 4) is 11.5 Å². The predicted molar refractivity (Wildman–Crippen MR) is 127 cm³/mol. The van der Waals surface area contributed by atoms with Gasteiger partial charge in [-0.15, -0.1) is 0 Å². The van der Waals surface area contributed by atoms with Crippen LogP contribution in [0.1, 0.15) is 32.3 Å². The lowest BCUT2D eigenvalue weighted by atomic mass is 10.2. The van der Waals surface area contributed by atoms with Crippen molar-refractivity contribution < 1.29 is 19.1 Å². The number of rotatable bonds is 10. The Morgan fingerprint density at radius 2 is 1.80 bits per heavy atom. The summed E-state index contributed by atoms with van der Waals surface area (Å²) >= 11 is 8.16. The van der Waals surface area contributed by atoms with E-state index < -0.39 is 0 Å². The summed E-state index contributed by atoms with van der Waals surface area (Å²) in [5.74, 6) is 0.636. The van der Waals surface area contributed by atoms with Gasteiger partial charge >= 0.3 is 0 Å². The van der Waals surface area contributed by atoms with Gasteiger partial charge in [0.2, 0.25) is 11.8 Å². The normalized spacial score (nSPS) is 10.7. The third-order valence-corrected chi connectivity index (χ3v) is 4.88. The number of anilines is 1. The van der Waals surface area contributed by atoms with E-state index in [2.05, 4.69) is 38.4 Å². The number of halogens is 2. The number of para-hydroxylation sites is 1. The first-order chi connectivity index (χ1) is 14.4. The molecule has 0 unspecified atom stereocenters. The lowest BCUT2D eigenvalue weighted by molar-refractivity contribution is -0.124. The molecular formula is C21H23ClIN3O4. The lowest BCUT2D eigenvalue weighted by Crippen LogP contribution is -2.20. The van der Waals surface area contributed by atoms with Crippen LogP contribution in [0, 0.1) is 3.57 Å². The number of carbonyl (C=O) groups excluding carboxylic acids is 2. The highest BCUT2D eigenvalue weighted by molar-refractivity contribution is 14.1. The first kappa shape index (κ1) is 23.9. The Labute approximate surface area is 194 Å². The van der Waals surface area contributed by atoms with Crippen LogP contribution in [0.2, 0.25) is 5.02 Å². The smallest absolute Gasteiger partial charge is 0.240 e. The van der Waals surface area contributed by atoms with Gasteiger partial charge < -0.3 is 14.8 Å². The van der Waals surface area contributed by atoms with Gasteiger partial charge in [-0.1, -0.05) is 23.7 Å². The molecule has 2 aromatic rings. The molecule has 9 heteroatoms. The molecule has 0 spiro atoms. The molecule has 0 atom stereocenters. The second kappa shape index (κ2) is 12.4. The summed E-state index contributed by atoms with van der Waals surface area (Å²) in [5, 5.41) is 7.07. The molecule has 30 heavy (non-hydrogen) atoms. The zero-order chi connectivity index (χ0) is 21.9. The molecule has 2 amide bonds. The number of hydrazone groups is 1. The molecule has 0 bridgehead atoms. The van der Waals surface area contributed by atoms with Crippen molar-refractivity contribution in [2.45, 2.75) is 26.7 Å². The first-order valence-electron chi connectivity index (χ1n) is 9.40. The maximum atomic E-state index is 12.0. The SMILES string of the molecule is CCOc1cc(C=NNC(=O)CCC(=O)Nc2ccccc2Cl)cc(I)c1OCC. The summed E-state index contributed by atoms with van der Waals surface area (Å²) in [4.78, 5) is 23.9. The summed E-state index contributed by atoms with van der Waals surface area (Å²) in [7, 11) is 0. The molecule has 0 radical (unpaired) electrons. The summed E-state index contributed by atoms with van der Waals surface area (Å²) in [5.41, 5.74) is 3.69. The molecule has 7 nitrogen and oxygen atoms in total. The van der Waals surface area contributed by atoms with E-state index in [0.29, 0.717) is 35.4 Å². The molecule has 0 aliphatic rings. The highest BCUT2D eigenvalue weighted by atomic mass is 127. The maximum absolute atomic E-state index is 12.0. The molecule has 0 aromatic heterocycles. The van der Waals surface area contributed by atoms with Gasteiger partial charge in [0.05, 0.1) is 33.7 Å². The molecule has 0 aliphatic heterocycles. The number of amides is 2. The standard InChI is InChI=1S/C21H23ClIN3O4/c1-3-29-18-12-14(11-16(23)21(18)30-4-2)13-24-26-20(28)10-9-19(27)25-17-8-6-5-7-15(17)22/h5-8,11-13H,3-4,9-10H2,1-2H3,(H,25,27)(H,26,28). The molecule has 0 heterocycles. The topological polar surface area (TPSA) is 89.0 Å². The molecule has 2 N–H and O–H groups in total. The first-order valence-corrected chi connectivity index (χ1v) is 10.9. The van der Waals surface area contributed by atoms with Gasteiger partial charge in [-0.05, 0) is 66.3 Å². The quantitative estimate of drug-likeness (QED) is 0.260. The summed E-state index contributed by atoms with van der Waals surface area (Å²) in [6.07, 6.45) is 1.53. The molecule has 160 valence electrons. The third kappa shape index (κ3) is 7.49.